The molecule has 3 nitrogen and oxygen atoms in total. The number of halogens is 1. The molecular formula is C22H24ClNO2S. The van der Waals surface area contributed by atoms with Crippen molar-refractivity contribution >= 4 is 35.1 Å². The van der Waals surface area contributed by atoms with Crippen molar-refractivity contribution in [1.82, 2.24) is 4.90 Å². The molecule has 0 aliphatic carbocycles. The molecule has 0 N–H and O–H groups in total. The first-order chi connectivity index (χ1) is 13.1. The van der Waals surface area contributed by atoms with Crippen LogP contribution in [0.2, 0.25) is 5.02 Å². The van der Waals surface area contributed by atoms with E-state index in [-0.39, 0.29) is 17.6 Å². The second-order valence-corrected chi connectivity index (χ2v) is 8.40. The van der Waals surface area contributed by atoms with Crippen LogP contribution in [-0.2, 0) is 4.79 Å². The number of hydrogen-bond donors (Lipinski definition) is 0. The van der Waals surface area contributed by atoms with E-state index in [2.05, 4.69) is 12.1 Å². The third-order valence-electron chi connectivity index (χ3n) is 4.89. The summed E-state index contributed by atoms with van der Waals surface area (Å²) in [6.07, 6.45) is 2.94. The maximum Gasteiger partial charge on any atom is 0.222 e. The molecule has 5 heteroatoms. The van der Waals surface area contributed by atoms with Gasteiger partial charge in [0.1, 0.15) is 0 Å². The van der Waals surface area contributed by atoms with Gasteiger partial charge in [0, 0.05) is 40.9 Å². The van der Waals surface area contributed by atoms with Crippen LogP contribution in [0.4, 0.5) is 0 Å². The first-order valence-electron chi connectivity index (χ1n) is 9.39. The number of rotatable bonds is 7. The number of benzene rings is 2. The SMILES string of the molecule is O=C(c1ccc(Cl)cc1)C1CCN(C(=O)CCCSc2ccccc2)CC1. The number of carbonyl (C=O) groups excluding carboxylic acids is 2. The number of amides is 1. The Morgan fingerprint density at radius 2 is 1.67 bits per heavy atom. The zero-order chi connectivity index (χ0) is 19.1. The molecule has 0 unspecified atom stereocenters. The summed E-state index contributed by atoms with van der Waals surface area (Å²) in [5.74, 6) is 1.32. The Balaban J connectivity index is 1.38. The van der Waals surface area contributed by atoms with Gasteiger partial charge in [-0.2, -0.15) is 0 Å². The fraction of sp³-hybridized carbons (Fsp3) is 0.364. The Morgan fingerprint density at radius 3 is 2.33 bits per heavy atom. The predicted molar refractivity (Wildman–Crippen MR) is 111 cm³/mol. The highest BCUT2D eigenvalue weighted by atomic mass is 35.5. The van der Waals surface area contributed by atoms with Gasteiger partial charge in [0.2, 0.25) is 5.91 Å². The Morgan fingerprint density at radius 1 is 1.00 bits per heavy atom. The lowest BCUT2D eigenvalue weighted by Crippen LogP contribution is -2.40. The Bertz CT molecular complexity index is 756. The number of nitrogens with zero attached hydrogens (tertiary/aromatic N) is 1. The third kappa shape index (κ3) is 5.85. The maximum atomic E-state index is 12.6. The van der Waals surface area contributed by atoms with Crippen molar-refractivity contribution in [2.45, 2.75) is 30.6 Å². The lowest BCUT2D eigenvalue weighted by Gasteiger charge is -2.31. The van der Waals surface area contributed by atoms with Crippen molar-refractivity contribution < 1.29 is 9.59 Å². The van der Waals surface area contributed by atoms with Gasteiger partial charge in [-0.1, -0.05) is 29.8 Å². The lowest BCUT2D eigenvalue weighted by atomic mass is 9.89. The summed E-state index contributed by atoms with van der Waals surface area (Å²) >= 11 is 7.67. The largest absolute Gasteiger partial charge is 0.343 e. The Kier molecular flexibility index (Phi) is 7.36. The normalized spacial score (nSPS) is 14.9. The number of carbonyl (C=O) groups is 2. The van der Waals surface area contributed by atoms with E-state index in [9.17, 15) is 9.59 Å². The van der Waals surface area contributed by atoms with Gasteiger partial charge in [-0.05, 0) is 61.4 Å². The number of thioether (sulfide) groups is 1. The van der Waals surface area contributed by atoms with Gasteiger partial charge in [-0.3, -0.25) is 9.59 Å². The molecule has 1 aliphatic rings. The van der Waals surface area contributed by atoms with Crippen molar-refractivity contribution in [3.63, 3.8) is 0 Å². The van der Waals surface area contributed by atoms with Crippen molar-refractivity contribution in [2.24, 2.45) is 5.92 Å². The summed E-state index contributed by atoms with van der Waals surface area (Å²) in [6.45, 7) is 1.35. The Hall–Kier alpha value is -1.78. The average molecular weight is 402 g/mol. The molecule has 1 heterocycles. The highest BCUT2D eigenvalue weighted by Crippen LogP contribution is 2.24. The van der Waals surface area contributed by atoms with E-state index in [1.165, 1.54) is 4.90 Å². The van der Waals surface area contributed by atoms with E-state index in [4.69, 9.17) is 11.6 Å². The summed E-state index contributed by atoms with van der Waals surface area (Å²) < 4.78 is 0. The van der Waals surface area contributed by atoms with Crippen LogP contribution in [0.1, 0.15) is 36.0 Å². The molecule has 0 aromatic heterocycles. The summed E-state index contributed by atoms with van der Waals surface area (Å²) in [4.78, 5) is 28.2. The van der Waals surface area contributed by atoms with E-state index >= 15 is 0 Å². The van der Waals surface area contributed by atoms with Crippen LogP contribution in [0.3, 0.4) is 0 Å². The van der Waals surface area contributed by atoms with Gasteiger partial charge in [0.05, 0.1) is 0 Å². The minimum Gasteiger partial charge on any atom is -0.343 e. The molecule has 2 aromatic carbocycles. The van der Waals surface area contributed by atoms with Crippen LogP contribution in [0, 0.1) is 5.92 Å². The number of hydrogen-bond acceptors (Lipinski definition) is 3. The smallest absolute Gasteiger partial charge is 0.222 e. The van der Waals surface area contributed by atoms with Gasteiger partial charge in [-0.15, -0.1) is 11.8 Å². The zero-order valence-electron chi connectivity index (χ0n) is 15.3. The molecule has 1 aliphatic heterocycles. The van der Waals surface area contributed by atoms with E-state index in [0.29, 0.717) is 30.1 Å². The number of Topliss-reactive ketones (excluding diaryl/α,β-unsaturated/α-hetero) is 1. The van der Waals surface area contributed by atoms with Gasteiger partial charge in [0.25, 0.3) is 0 Å². The van der Waals surface area contributed by atoms with E-state index < -0.39 is 0 Å². The van der Waals surface area contributed by atoms with E-state index in [1.54, 1.807) is 36.0 Å². The van der Waals surface area contributed by atoms with Gasteiger partial charge >= 0.3 is 0 Å². The van der Waals surface area contributed by atoms with Crippen molar-refractivity contribution in [3.8, 4) is 0 Å². The summed E-state index contributed by atoms with van der Waals surface area (Å²) in [5, 5.41) is 0.636. The van der Waals surface area contributed by atoms with Crippen LogP contribution in [0.5, 0.6) is 0 Å². The molecule has 1 saturated heterocycles. The fourth-order valence-corrected chi connectivity index (χ4v) is 4.33. The van der Waals surface area contributed by atoms with Gasteiger partial charge < -0.3 is 4.90 Å². The monoisotopic (exact) mass is 401 g/mol. The molecule has 0 spiro atoms. The number of likely N-dealkylation sites (tertiary alicyclic amines) is 1. The quantitative estimate of drug-likeness (QED) is 0.357. The average Bonchev–Trinajstić information content (AvgIpc) is 2.72. The third-order valence-corrected chi connectivity index (χ3v) is 6.24. The van der Waals surface area contributed by atoms with Crippen molar-refractivity contribution in [2.75, 3.05) is 18.8 Å². The Labute approximate surface area is 170 Å². The first-order valence-corrected chi connectivity index (χ1v) is 10.8. The molecule has 3 rings (SSSR count). The summed E-state index contributed by atoms with van der Waals surface area (Å²) in [6, 6.07) is 17.3. The molecule has 2 aromatic rings. The minimum absolute atomic E-state index is 0.00358. The van der Waals surface area contributed by atoms with Crippen LogP contribution < -0.4 is 0 Å². The second kappa shape index (κ2) is 9.95. The van der Waals surface area contributed by atoms with Crippen molar-refractivity contribution in [1.29, 1.82) is 0 Å². The highest BCUT2D eigenvalue weighted by Gasteiger charge is 2.27. The molecule has 0 bridgehead atoms. The van der Waals surface area contributed by atoms with Crippen molar-refractivity contribution in [3.05, 3.63) is 65.2 Å². The topological polar surface area (TPSA) is 37.4 Å². The minimum atomic E-state index is 0.00358. The molecule has 0 radical (unpaired) electrons. The lowest BCUT2D eigenvalue weighted by molar-refractivity contribution is -0.132. The predicted octanol–water partition coefficient (Wildman–Crippen LogP) is 5.33. The number of piperidine rings is 1. The standard InChI is InChI=1S/C22H24ClNO2S/c23-19-10-8-17(9-11-19)22(26)18-12-14-24(15-13-18)21(25)7-4-16-27-20-5-2-1-3-6-20/h1-3,5-6,8-11,18H,4,7,12-16H2. The van der Waals surface area contributed by atoms with E-state index in [1.807, 2.05) is 23.1 Å². The molecule has 0 saturated carbocycles. The van der Waals surface area contributed by atoms with Crippen LogP contribution in [-0.4, -0.2) is 35.4 Å². The van der Waals surface area contributed by atoms with Crippen LogP contribution >= 0.6 is 23.4 Å². The molecule has 27 heavy (non-hydrogen) atoms. The van der Waals surface area contributed by atoms with Crippen LogP contribution in [0.25, 0.3) is 0 Å². The zero-order valence-corrected chi connectivity index (χ0v) is 16.8. The second-order valence-electron chi connectivity index (χ2n) is 6.79. The molecule has 142 valence electrons. The van der Waals surface area contributed by atoms with Gasteiger partial charge in [0.15, 0.2) is 5.78 Å². The molecule has 0 atom stereocenters. The fourth-order valence-electron chi connectivity index (χ4n) is 3.33. The molecule has 1 amide bonds. The molecular weight excluding hydrogens is 378 g/mol. The molecule has 1 fully saturated rings. The van der Waals surface area contributed by atoms with E-state index in [0.717, 1.165) is 25.0 Å². The summed E-state index contributed by atoms with van der Waals surface area (Å²) in [7, 11) is 0. The maximum absolute atomic E-state index is 12.6. The van der Waals surface area contributed by atoms with Crippen LogP contribution in [0.15, 0.2) is 59.5 Å². The first kappa shape index (κ1) is 20.0. The summed E-state index contributed by atoms with van der Waals surface area (Å²) in [5.41, 5.74) is 0.710. The highest BCUT2D eigenvalue weighted by molar-refractivity contribution is 7.99. The number of ketones is 1. The van der Waals surface area contributed by atoms with Gasteiger partial charge in [-0.25, -0.2) is 0 Å².